The van der Waals surface area contributed by atoms with Gasteiger partial charge in [-0.2, -0.15) is 0 Å². The number of carbonyl (C=O) groups excluding carboxylic acids is 1. The lowest BCUT2D eigenvalue weighted by molar-refractivity contribution is -0.136. The number of hydrogen-bond donors (Lipinski definition) is 1. The minimum absolute atomic E-state index is 0.257. The van der Waals surface area contributed by atoms with Crippen LogP contribution < -0.4 is 5.32 Å². The summed E-state index contributed by atoms with van der Waals surface area (Å²) >= 11 is 10.3. The predicted octanol–water partition coefficient (Wildman–Crippen LogP) is 2.82. The number of rotatable bonds is 2. The van der Waals surface area contributed by atoms with Gasteiger partial charge in [0.15, 0.2) is 5.11 Å². The smallest absolute Gasteiger partial charge is 0.338 e. The number of thiophene rings is 1. The number of halogens is 1. The van der Waals surface area contributed by atoms with Crippen molar-refractivity contribution in [1.29, 1.82) is 0 Å². The van der Waals surface area contributed by atoms with Gasteiger partial charge in [-0.15, -0.1) is 11.3 Å². The Bertz CT molecular complexity index is 568. The van der Waals surface area contributed by atoms with Crippen molar-refractivity contribution in [2.45, 2.75) is 13.0 Å². The second-order valence-electron chi connectivity index (χ2n) is 4.07. The first-order chi connectivity index (χ1) is 8.95. The van der Waals surface area contributed by atoms with Crippen molar-refractivity contribution in [1.82, 2.24) is 10.2 Å². The maximum absolute atomic E-state index is 12.0. The molecule has 1 N–H and O–H groups in total. The van der Waals surface area contributed by atoms with Crippen molar-refractivity contribution < 1.29 is 9.53 Å². The number of esters is 1. The summed E-state index contributed by atoms with van der Waals surface area (Å²) in [5.41, 5.74) is 1.40. The molecule has 2 heterocycles. The van der Waals surface area contributed by atoms with Crippen molar-refractivity contribution in [2.75, 3.05) is 14.2 Å². The van der Waals surface area contributed by atoms with Crippen LogP contribution in [0.2, 0.25) is 0 Å². The number of ether oxygens (including phenoxy) is 1. The van der Waals surface area contributed by atoms with E-state index in [9.17, 15) is 4.79 Å². The van der Waals surface area contributed by atoms with E-state index >= 15 is 0 Å². The number of hydrogen-bond acceptors (Lipinski definition) is 4. The normalized spacial score (nSPS) is 19.5. The molecule has 0 saturated carbocycles. The number of carbonyl (C=O) groups is 1. The zero-order valence-electron chi connectivity index (χ0n) is 10.7. The molecule has 0 bridgehead atoms. The fraction of sp³-hybridized carbons (Fsp3) is 0.333. The number of thiocarbonyl (C=S) groups is 1. The Kier molecular flexibility index (Phi) is 4.27. The lowest BCUT2D eigenvalue weighted by Gasteiger charge is -2.34. The van der Waals surface area contributed by atoms with Gasteiger partial charge in [-0.05, 0) is 47.2 Å². The topological polar surface area (TPSA) is 41.6 Å². The molecule has 2 rings (SSSR count). The number of nitrogens with zero attached hydrogens (tertiary/aromatic N) is 1. The van der Waals surface area contributed by atoms with Crippen molar-refractivity contribution >= 4 is 50.6 Å². The van der Waals surface area contributed by atoms with E-state index in [1.807, 2.05) is 26.1 Å². The van der Waals surface area contributed by atoms with Gasteiger partial charge in [0.05, 0.1) is 22.5 Å². The predicted molar refractivity (Wildman–Crippen MR) is 83.0 cm³/mol. The van der Waals surface area contributed by atoms with Crippen molar-refractivity contribution in [2.24, 2.45) is 0 Å². The Morgan fingerprint density at radius 2 is 2.26 bits per heavy atom. The maximum atomic E-state index is 12.0. The van der Waals surface area contributed by atoms with E-state index in [-0.39, 0.29) is 12.0 Å². The molecule has 0 unspecified atom stereocenters. The van der Waals surface area contributed by atoms with Gasteiger partial charge in [0.2, 0.25) is 0 Å². The fourth-order valence-corrected chi connectivity index (χ4v) is 3.65. The van der Waals surface area contributed by atoms with Crippen LogP contribution in [0.25, 0.3) is 0 Å². The minimum Gasteiger partial charge on any atom is -0.466 e. The molecule has 1 aliphatic heterocycles. The number of nitrogens with one attached hydrogen (secondary N) is 1. The summed E-state index contributed by atoms with van der Waals surface area (Å²) in [7, 11) is 3.21. The maximum Gasteiger partial charge on any atom is 0.338 e. The average Bonchev–Trinajstić information content (AvgIpc) is 2.81. The SMILES string of the molecule is COC(=O)C1=C(C)N(C)C(=S)N[C@H]1c1ccc(Br)s1. The summed E-state index contributed by atoms with van der Waals surface area (Å²) < 4.78 is 5.90. The molecule has 1 aromatic rings. The molecule has 1 aliphatic rings. The zero-order valence-corrected chi connectivity index (χ0v) is 13.9. The Balaban J connectivity index is 2.51. The highest BCUT2D eigenvalue weighted by Crippen LogP contribution is 2.35. The Morgan fingerprint density at radius 3 is 2.79 bits per heavy atom. The standard InChI is InChI=1S/C12H13BrN2O2S2/c1-6-9(11(16)17-3)10(14-12(18)15(6)2)7-4-5-8(13)19-7/h4-5,10H,1-3H3,(H,14,18)/t10-/m0/s1. The van der Waals surface area contributed by atoms with Gasteiger partial charge in [-0.3, -0.25) is 0 Å². The van der Waals surface area contributed by atoms with Crippen LogP contribution in [0.5, 0.6) is 0 Å². The second-order valence-corrected chi connectivity index (χ2v) is 6.96. The summed E-state index contributed by atoms with van der Waals surface area (Å²) in [6.45, 7) is 1.87. The fourth-order valence-electron chi connectivity index (χ4n) is 1.91. The van der Waals surface area contributed by atoms with Gasteiger partial charge in [0.1, 0.15) is 0 Å². The summed E-state index contributed by atoms with van der Waals surface area (Å²) in [4.78, 5) is 14.8. The minimum atomic E-state index is -0.339. The molecule has 0 amide bonds. The first kappa shape index (κ1) is 14.5. The van der Waals surface area contributed by atoms with Crippen LogP contribution in [0.3, 0.4) is 0 Å². The summed E-state index contributed by atoms with van der Waals surface area (Å²) in [6.07, 6.45) is 0. The van der Waals surface area contributed by atoms with E-state index in [1.165, 1.54) is 7.11 Å². The largest absolute Gasteiger partial charge is 0.466 e. The molecule has 0 radical (unpaired) electrons. The molecule has 0 saturated heterocycles. The Labute approximate surface area is 129 Å². The molecule has 1 atom stereocenters. The summed E-state index contributed by atoms with van der Waals surface area (Å²) in [6, 6.07) is 3.66. The van der Waals surface area contributed by atoms with Crippen molar-refractivity contribution in [3.05, 3.63) is 32.1 Å². The number of allylic oxidation sites excluding steroid dienone is 1. The molecule has 7 heteroatoms. The summed E-state index contributed by atoms with van der Waals surface area (Å²) in [5, 5.41) is 3.78. The highest BCUT2D eigenvalue weighted by Gasteiger charge is 2.33. The molecule has 0 fully saturated rings. The van der Waals surface area contributed by atoms with Crippen LogP contribution in [-0.4, -0.2) is 30.1 Å². The zero-order chi connectivity index (χ0) is 14.2. The lowest BCUT2D eigenvalue weighted by atomic mass is 10.0. The van der Waals surface area contributed by atoms with Gasteiger partial charge >= 0.3 is 5.97 Å². The molecule has 0 aromatic carbocycles. The van der Waals surface area contributed by atoms with Crippen molar-refractivity contribution in [3.8, 4) is 0 Å². The quantitative estimate of drug-likeness (QED) is 0.648. The first-order valence-electron chi connectivity index (χ1n) is 5.54. The third kappa shape index (κ3) is 2.68. The van der Waals surface area contributed by atoms with Crippen LogP contribution in [0.15, 0.2) is 27.2 Å². The van der Waals surface area contributed by atoms with E-state index in [0.29, 0.717) is 10.7 Å². The van der Waals surface area contributed by atoms with Gasteiger partial charge in [0, 0.05) is 17.6 Å². The molecule has 0 spiro atoms. The Hall–Kier alpha value is -0.920. The van der Waals surface area contributed by atoms with Crippen LogP contribution in [0, 0.1) is 0 Å². The monoisotopic (exact) mass is 360 g/mol. The van der Waals surface area contributed by atoms with Crippen LogP contribution >= 0.6 is 39.5 Å². The van der Waals surface area contributed by atoms with E-state index in [4.69, 9.17) is 17.0 Å². The Morgan fingerprint density at radius 1 is 1.58 bits per heavy atom. The molecule has 4 nitrogen and oxygen atoms in total. The highest BCUT2D eigenvalue weighted by atomic mass is 79.9. The molecular weight excluding hydrogens is 348 g/mol. The van der Waals surface area contributed by atoms with Crippen LogP contribution in [0.4, 0.5) is 0 Å². The molecular formula is C12H13BrN2O2S2. The van der Waals surface area contributed by atoms with Gasteiger partial charge in [0.25, 0.3) is 0 Å². The highest BCUT2D eigenvalue weighted by molar-refractivity contribution is 9.11. The molecule has 1 aromatic heterocycles. The van der Waals surface area contributed by atoms with E-state index in [0.717, 1.165) is 14.4 Å². The third-order valence-electron chi connectivity index (χ3n) is 3.04. The number of methoxy groups -OCH3 is 1. The van der Waals surface area contributed by atoms with E-state index in [1.54, 1.807) is 16.2 Å². The summed E-state index contributed by atoms with van der Waals surface area (Å²) in [5.74, 6) is -0.339. The average molecular weight is 361 g/mol. The van der Waals surface area contributed by atoms with Crippen LogP contribution in [0.1, 0.15) is 17.8 Å². The molecule has 102 valence electrons. The van der Waals surface area contributed by atoms with E-state index in [2.05, 4.69) is 21.2 Å². The molecule has 19 heavy (non-hydrogen) atoms. The van der Waals surface area contributed by atoms with Crippen molar-refractivity contribution in [3.63, 3.8) is 0 Å². The van der Waals surface area contributed by atoms with Gasteiger partial charge in [-0.25, -0.2) is 4.79 Å². The molecule has 0 aliphatic carbocycles. The first-order valence-corrected chi connectivity index (χ1v) is 7.56. The van der Waals surface area contributed by atoms with Gasteiger partial charge in [-0.1, -0.05) is 0 Å². The van der Waals surface area contributed by atoms with Crippen LogP contribution in [-0.2, 0) is 9.53 Å². The third-order valence-corrected chi connectivity index (χ3v) is 5.12. The van der Waals surface area contributed by atoms with Gasteiger partial charge < -0.3 is 15.0 Å². The van der Waals surface area contributed by atoms with E-state index < -0.39 is 0 Å². The second kappa shape index (κ2) is 5.60. The lowest BCUT2D eigenvalue weighted by Crippen LogP contribution is -2.45.